The van der Waals surface area contributed by atoms with Crippen LogP contribution in [-0.4, -0.2) is 40.7 Å². The number of aromatic nitrogens is 1. The standard InChI is InChI=1S/C22H23ClN4O4S/c1-2-9-27(21(30)15-5-7-16(23)8-6-15)13-20(29)26-22-25-17(14-32-22)11-19(28)24-12-18-4-3-10-31-18/h3-8,10,14H,2,9,11-13H2,1H3,(H,24,28)(H,25,26,29). The predicted molar refractivity (Wildman–Crippen MR) is 123 cm³/mol. The van der Waals surface area contributed by atoms with E-state index < -0.39 is 0 Å². The highest BCUT2D eigenvalue weighted by Crippen LogP contribution is 2.17. The first-order valence-electron chi connectivity index (χ1n) is 10.0. The Bertz CT molecular complexity index is 1050. The maximum atomic E-state index is 12.7. The molecule has 0 radical (unpaired) electrons. The monoisotopic (exact) mass is 474 g/mol. The smallest absolute Gasteiger partial charge is 0.254 e. The van der Waals surface area contributed by atoms with Crippen LogP contribution in [-0.2, 0) is 22.6 Å². The summed E-state index contributed by atoms with van der Waals surface area (Å²) in [5, 5.41) is 8.07. The Labute approximate surface area is 194 Å². The summed E-state index contributed by atoms with van der Waals surface area (Å²) in [5.41, 5.74) is 1.01. The average molecular weight is 475 g/mol. The van der Waals surface area contributed by atoms with Crippen molar-refractivity contribution in [2.24, 2.45) is 0 Å². The number of halogens is 1. The summed E-state index contributed by atoms with van der Waals surface area (Å²) in [7, 11) is 0. The molecular weight excluding hydrogens is 452 g/mol. The van der Waals surface area contributed by atoms with Gasteiger partial charge in [-0.15, -0.1) is 11.3 Å². The van der Waals surface area contributed by atoms with E-state index in [9.17, 15) is 14.4 Å². The molecule has 0 saturated carbocycles. The van der Waals surface area contributed by atoms with E-state index in [0.29, 0.717) is 46.7 Å². The van der Waals surface area contributed by atoms with Crippen LogP contribution in [0.3, 0.4) is 0 Å². The van der Waals surface area contributed by atoms with Crippen LogP contribution >= 0.6 is 22.9 Å². The van der Waals surface area contributed by atoms with Crippen LogP contribution in [0.5, 0.6) is 0 Å². The van der Waals surface area contributed by atoms with E-state index in [4.69, 9.17) is 16.0 Å². The molecule has 1 aromatic carbocycles. The highest BCUT2D eigenvalue weighted by molar-refractivity contribution is 7.13. The van der Waals surface area contributed by atoms with Crippen LogP contribution in [0.15, 0.2) is 52.5 Å². The molecule has 32 heavy (non-hydrogen) atoms. The Balaban J connectivity index is 1.51. The average Bonchev–Trinajstić information content (AvgIpc) is 3.44. The van der Waals surface area contributed by atoms with Gasteiger partial charge in [0.15, 0.2) is 5.13 Å². The number of anilines is 1. The Morgan fingerprint density at radius 3 is 2.62 bits per heavy atom. The van der Waals surface area contributed by atoms with Gasteiger partial charge in [-0.1, -0.05) is 18.5 Å². The van der Waals surface area contributed by atoms with Gasteiger partial charge in [0.2, 0.25) is 11.8 Å². The van der Waals surface area contributed by atoms with Crippen LogP contribution in [0.2, 0.25) is 5.02 Å². The van der Waals surface area contributed by atoms with Crippen LogP contribution < -0.4 is 10.6 Å². The first-order valence-corrected chi connectivity index (χ1v) is 11.3. The molecule has 0 unspecified atom stereocenters. The van der Waals surface area contributed by atoms with Crippen molar-refractivity contribution in [3.8, 4) is 0 Å². The second-order valence-corrected chi connectivity index (χ2v) is 8.25. The van der Waals surface area contributed by atoms with Gasteiger partial charge in [-0.05, 0) is 42.8 Å². The molecule has 2 aromatic heterocycles. The number of hydrogen-bond acceptors (Lipinski definition) is 6. The van der Waals surface area contributed by atoms with Crippen molar-refractivity contribution < 1.29 is 18.8 Å². The third-order valence-electron chi connectivity index (χ3n) is 4.39. The number of nitrogens with zero attached hydrogens (tertiary/aromatic N) is 2. The lowest BCUT2D eigenvalue weighted by atomic mass is 10.2. The summed E-state index contributed by atoms with van der Waals surface area (Å²) in [6.45, 7) is 2.57. The molecule has 0 fully saturated rings. The highest BCUT2D eigenvalue weighted by Gasteiger charge is 2.19. The molecule has 2 N–H and O–H groups in total. The fraction of sp³-hybridized carbons (Fsp3) is 0.273. The molecule has 3 aromatic rings. The van der Waals surface area contributed by atoms with Gasteiger partial charge in [0, 0.05) is 22.5 Å². The van der Waals surface area contributed by atoms with Crippen LogP contribution in [0.1, 0.15) is 35.2 Å². The minimum atomic E-state index is -0.357. The maximum Gasteiger partial charge on any atom is 0.254 e. The molecule has 0 bridgehead atoms. The second kappa shape index (κ2) is 11.4. The van der Waals surface area contributed by atoms with Crippen LogP contribution in [0, 0.1) is 0 Å². The number of furan rings is 1. The van der Waals surface area contributed by atoms with Gasteiger partial charge >= 0.3 is 0 Å². The summed E-state index contributed by atoms with van der Waals surface area (Å²) in [6.07, 6.45) is 2.34. The van der Waals surface area contributed by atoms with Crippen LogP contribution in [0.25, 0.3) is 0 Å². The van der Waals surface area contributed by atoms with E-state index in [-0.39, 0.29) is 30.7 Å². The maximum absolute atomic E-state index is 12.7. The molecule has 0 aliphatic heterocycles. The predicted octanol–water partition coefficient (Wildman–Crippen LogP) is 3.74. The molecule has 8 nitrogen and oxygen atoms in total. The molecule has 2 heterocycles. The summed E-state index contributed by atoms with van der Waals surface area (Å²) in [6, 6.07) is 10.1. The number of nitrogens with one attached hydrogen (secondary N) is 2. The third-order valence-corrected chi connectivity index (χ3v) is 5.44. The van der Waals surface area contributed by atoms with E-state index in [1.54, 1.807) is 48.0 Å². The molecule has 0 spiro atoms. The SMILES string of the molecule is CCCN(CC(=O)Nc1nc(CC(=O)NCc2ccco2)cs1)C(=O)c1ccc(Cl)cc1. The van der Waals surface area contributed by atoms with E-state index >= 15 is 0 Å². The molecule has 10 heteroatoms. The Hall–Kier alpha value is -3.17. The summed E-state index contributed by atoms with van der Waals surface area (Å²) in [4.78, 5) is 43.1. The van der Waals surface area contributed by atoms with Gasteiger partial charge in [0.25, 0.3) is 5.91 Å². The van der Waals surface area contributed by atoms with Crippen LogP contribution in [0.4, 0.5) is 5.13 Å². The number of carbonyl (C=O) groups is 3. The number of amides is 3. The molecule has 3 amide bonds. The lowest BCUT2D eigenvalue weighted by Crippen LogP contribution is -2.38. The first-order chi connectivity index (χ1) is 15.4. The lowest BCUT2D eigenvalue weighted by molar-refractivity contribution is -0.120. The summed E-state index contributed by atoms with van der Waals surface area (Å²) < 4.78 is 5.17. The molecule has 168 valence electrons. The zero-order valence-electron chi connectivity index (χ0n) is 17.5. The van der Waals surface area contributed by atoms with Crippen molar-refractivity contribution in [1.29, 1.82) is 0 Å². The summed E-state index contributed by atoms with van der Waals surface area (Å²) in [5.74, 6) is -0.141. The lowest BCUT2D eigenvalue weighted by Gasteiger charge is -2.21. The van der Waals surface area contributed by atoms with E-state index in [1.807, 2.05) is 6.92 Å². The van der Waals surface area contributed by atoms with Gasteiger partial charge in [0.1, 0.15) is 12.3 Å². The normalized spacial score (nSPS) is 10.6. The number of benzene rings is 1. The van der Waals surface area contributed by atoms with Crippen molar-refractivity contribution >= 4 is 45.8 Å². The second-order valence-electron chi connectivity index (χ2n) is 6.96. The minimum absolute atomic E-state index is 0.0874. The number of hydrogen-bond donors (Lipinski definition) is 2. The van der Waals surface area contributed by atoms with Crippen molar-refractivity contribution in [2.75, 3.05) is 18.4 Å². The zero-order chi connectivity index (χ0) is 22.9. The van der Waals surface area contributed by atoms with Crippen molar-refractivity contribution in [1.82, 2.24) is 15.2 Å². The number of carbonyl (C=O) groups excluding carboxylic acids is 3. The van der Waals surface area contributed by atoms with Crippen molar-refractivity contribution in [3.63, 3.8) is 0 Å². The minimum Gasteiger partial charge on any atom is -0.467 e. The van der Waals surface area contributed by atoms with Gasteiger partial charge in [-0.25, -0.2) is 4.98 Å². The molecule has 0 aliphatic rings. The molecule has 3 rings (SSSR count). The Morgan fingerprint density at radius 2 is 1.94 bits per heavy atom. The number of thiazole rings is 1. The quantitative estimate of drug-likeness (QED) is 0.465. The van der Waals surface area contributed by atoms with Crippen molar-refractivity contribution in [3.05, 3.63) is 70.1 Å². The topological polar surface area (TPSA) is 105 Å². The van der Waals surface area contributed by atoms with E-state index in [2.05, 4.69) is 15.6 Å². The van der Waals surface area contributed by atoms with E-state index in [0.717, 1.165) is 0 Å². The van der Waals surface area contributed by atoms with Gasteiger partial charge in [-0.2, -0.15) is 0 Å². The molecule has 0 aliphatic carbocycles. The van der Waals surface area contributed by atoms with Gasteiger partial charge in [-0.3, -0.25) is 14.4 Å². The molecule has 0 saturated heterocycles. The zero-order valence-corrected chi connectivity index (χ0v) is 19.0. The Kier molecular flexibility index (Phi) is 8.41. The third kappa shape index (κ3) is 6.93. The largest absolute Gasteiger partial charge is 0.467 e. The fourth-order valence-electron chi connectivity index (χ4n) is 2.90. The fourth-order valence-corrected chi connectivity index (χ4v) is 3.75. The van der Waals surface area contributed by atoms with Gasteiger partial charge < -0.3 is 20.0 Å². The van der Waals surface area contributed by atoms with Gasteiger partial charge in [0.05, 0.1) is 24.9 Å². The van der Waals surface area contributed by atoms with Crippen molar-refractivity contribution in [2.45, 2.75) is 26.3 Å². The molecular formula is C22H23ClN4O4S. The Morgan fingerprint density at radius 1 is 1.16 bits per heavy atom. The summed E-state index contributed by atoms with van der Waals surface area (Å²) >= 11 is 7.10. The van der Waals surface area contributed by atoms with E-state index in [1.165, 1.54) is 16.2 Å². The first kappa shape index (κ1) is 23.5. The molecule has 0 atom stereocenters. The number of rotatable bonds is 10. The highest BCUT2D eigenvalue weighted by atomic mass is 35.5.